The van der Waals surface area contributed by atoms with Crippen molar-refractivity contribution in [1.82, 2.24) is 10.6 Å². The molecule has 3 aliphatic rings. The minimum Gasteiger partial charge on any atom is -0.352 e. The largest absolute Gasteiger partial charge is 0.352 e. The maximum Gasteiger partial charge on any atom is 0.237 e. The van der Waals surface area contributed by atoms with Crippen LogP contribution in [0.4, 0.5) is 0 Å². The summed E-state index contributed by atoms with van der Waals surface area (Å²) in [5.41, 5.74) is 0. The van der Waals surface area contributed by atoms with Gasteiger partial charge in [0.15, 0.2) is 0 Å². The minimum absolute atomic E-state index is 0.0974. The van der Waals surface area contributed by atoms with Crippen LogP contribution >= 0.6 is 0 Å². The first-order valence-corrected chi connectivity index (χ1v) is 8.83. The van der Waals surface area contributed by atoms with Crippen LogP contribution < -0.4 is 10.6 Å². The van der Waals surface area contributed by atoms with Gasteiger partial charge in [-0.3, -0.25) is 4.79 Å². The molecule has 2 aliphatic carbocycles. The molecule has 1 aliphatic heterocycles. The lowest BCUT2D eigenvalue weighted by molar-refractivity contribution is -0.125. The van der Waals surface area contributed by atoms with Crippen molar-refractivity contribution >= 4 is 5.91 Å². The first-order chi connectivity index (χ1) is 9.79. The Morgan fingerprint density at radius 2 is 1.95 bits per heavy atom. The molecule has 0 bridgehead atoms. The fourth-order valence-electron chi connectivity index (χ4n) is 4.84. The first-order valence-electron chi connectivity index (χ1n) is 8.83. The van der Waals surface area contributed by atoms with Gasteiger partial charge in [0.25, 0.3) is 0 Å². The third kappa shape index (κ3) is 2.88. The zero-order valence-electron chi connectivity index (χ0n) is 12.9. The summed E-state index contributed by atoms with van der Waals surface area (Å²) in [6.45, 7) is 3.28. The summed E-state index contributed by atoms with van der Waals surface area (Å²) in [7, 11) is 0. The number of carbonyl (C=O) groups is 1. The third-order valence-electron chi connectivity index (χ3n) is 6.01. The summed E-state index contributed by atoms with van der Waals surface area (Å²) in [5, 5.41) is 6.87. The van der Waals surface area contributed by atoms with Crippen molar-refractivity contribution in [3.8, 4) is 0 Å². The number of hydrogen-bond donors (Lipinski definition) is 2. The predicted octanol–water partition coefficient (Wildman–Crippen LogP) is 2.85. The van der Waals surface area contributed by atoms with Crippen LogP contribution in [-0.2, 0) is 4.79 Å². The molecule has 2 saturated carbocycles. The molecule has 4 unspecified atom stereocenters. The average molecular weight is 278 g/mol. The monoisotopic (exact) mass is 278 g/mol. The van der Waals surface area contributed by atoms with Crippen LogP contribution in [-0.4, -0.2) is 24.5 Å². The Bertz CT molecular complexity index is 338. The quantitative estimate of drug-likeness (QED) is 0.830. The van der Waals surface area contributed by atoms with Gasteiger partial charge in [-0.15, -0.1) is 0 Å². The predicted molar refractivity (Wildman–Crippen MR) is 81.4 cm³/mol. The van der Waals surface area contributed by atoms with E-state index in [4.69, 9.17) is 0 Å². The number of nitrogens with one attached hydrogen (secondary N) is 2. The lowest BCUT2D eigenvalue weighted by Gasteiger charge is -2.31. The standard InChI is InChI=1S/C17H30N2O/c1-2-15(12-7-4-3-5-8-12)19-17(20)16-14-10-6-9-13(14)11-18-16/h12-16,18H,2-11H2,1H3,(H,19,20). The topological polar surface area (TPSA) is 41.1 Å². The van der Waals surface area contributed by atoms with Crippen LogP contribution in [0.3, 0.4) is 0 Å². The van der Waals surface area contributed by atoms with Crippen LogP contribution in [0.5, 0.6) is 0 Å². The highest BCUT2D eigenvalue weighted by Gasteiger charge is 2.42. The molecule has 0 radical (unpaired) electrons. The molecule has 0 spiro atoms. The van der Waals surface area contributed by atoms with Crippen molar-refractivity contribution in [2.45, 2.75) is 76.8 Å². The summed E-state index contributed by atoms with van der Waals surface area (Å²) < 4.78 is 0. The van der Waals surface area contributed by atoms with E-state index < -0.39 is 0 Å². The van der Waals surface area contributed by atoms with Gasteiger partial charge in [-0.1, -0.05) is 32.6 Å². The molecule has 114 valence electrons. The van der Waals surface area contributed by atoms with Crippen LogP contribution in [0.1, 0.15) is 64.7 Å². The lowest BCUT2D eigenvalue weighted by atomic mass is 9.82. The molecule has 1 heterocycles. The number of hydrogen-bond acceptors (Lipinski definition) is 2. The molecule has 2 N–H and O–H groups in total. The second-order valence-corrected chi connectivity index (χ2v) is 7.16. The van der Waals surface area contributed by atoms with Crippen LogP contribution in [0.2, 0.25) is 0 Å². The Balaban J connectivity index is 1.56. The van der Waals surface area contributed by atoms with Crippen LogP contribution in [0, 0.1) is 17.8 Å². The van der Waals surface area contributed by atoms with Crippen molar-refractivity contribution in [1.29, 1.82) is 0 Å². The van der Waals surface area contributed by atoms with Gasteiger partial charge in [0.2, 0.25) is 5.91 Å². The van der Waals surface area contributed by atoms with Crippen LogP contribution in [0.15, 0.2) is 0 Å². The molecule has 1 amide bonds. The molecule has 4 atom stereocenters. The Hall–Kier alpha value is -0.570. The molecule has 3 rings (SSSR count). The van der Waals surface area contributed by atoms with Gasteiger partial charge in [-0.05, 0) is 56.4 Å². The number of fused-ring (bicyclic) bond motifs is 1. The third-order valence-corrected chi connectivity index (χ3v) is 6.01. The average Bonchev–Trinajstić information content (AvgIpc) is 3.08. The Morgan fingerprint density at radius 1 is 1.15 bits per heavy atom. The fraction of sp³-hybridized carbons (Fsp3) is 0.941. The molecule has 3 fully saturated rings. The van der Waals surface area contributed by atoms with Crippen molar-refractivity contribution in [3.63, 3.8) is 0 Å². The van der Waals surface area contributed by atoms with Gasteiger partial charge >= 0.3 is 0 Å². The Morgan fingerprint density at radius 3 is 2.70 bits per heavy atom. The molecule has 0 aromatic carbocycles. The molecule has 0 aromatic heterocycles. The SMILES string of the molecule is CCC(NC(=O)C1NCC2CCCC21)C1CCCCC1. The smallest absolute Gasteiger partial charge is 0.237 e. The maximum atomic E-state index is 12.6. The minimum atomic E-state index is 0.0974. The van der Waals surface area contributed by atoms with E-state index in [2.05, 4.69) is 17.6 Å². The molecular formula is C17H30N2O. The normalized spacial score (nSPS) is 35.8. The van der Waals surface area contributed by atoms with E-state index in [9.17, 15) is 4.79 Å². The van der Waals surface area contributed by atoms with Crippen molar-refractivity contribution in [2.24, 2.45) is 17.8 Å². The van der Waals surface area contributed by atoms with Crippen molar-refractivity contribution < 1.29 is 4.79 Å². The Kier molecular flexibility index (Phi) is 4.65. The zero-order chi connectivity index (χ0) is 13.9. The van der Waals surface area contributed by atoms with E-state index in [0.717, 1.165) is 24.8 Å². The van der Waals surface area contributed by atoms with E-state index in [1.165, 1.54) is 51.4 Å². The number of carbonyl (C=O) groups excluding carboxylic acids is 1. The molecule has 20 heavy (non-hydrogen) atoms. The van der Waals surface area contributed by atoms with E-state index in [0.29, 0.717) is 12.0 Å². The summed E-state index contributed by atoms with van der Waals surface area (Å²) in [5.74, 6) is 2.38. The van der Waals surface area contributed by atoms with Crippen molar-refractivity contribution in [3.05, 3.63) is 0 Å². The van der Waals surface area contributed by atoms with Gasteiger partial charge in [0, 0.05) is 6.04 Å². The van der Waals surface area contributed by atoms with Gasteiger partial charge < -0.3 is 10.6 Å². The summed E-state index contributed by atoms with van der Waals surface area (Å²) in [6, 6.07) is 0.505. The van der Waals surface area contributed by atoms with Gasteiger partial charge in [-0.25, -0.2) is 0 Å². The highest BCUT2D eigenvalue weighted by Crippen LogP contribution is 2.38. The summed E-state index contributed by atoms with van der Waals surface area (Å²) >= 11 is 0. The van der Waals surface area contributed by atoms with E-state index in [-0.39, 0.29) is 11.9 Å². The highest BCUT2D eigenvalue weighted by atomic mass is 16.2. The number of amides is 1. The van der Waals surface area contributed by atoms with Crippen LogP contribution in [0.25, 0.3) is 0 Å². The number of rotatable bonds is 4. The van der Waals surface area contributed by atoms with Crippen molar-refractivity contribution in [2.75, 3.05) is 6.54 Å². The van der Waals surface area contributed by atoms with E-state index in [1.54, 1.807) is 0 Å². The van der Waals surface area contributed by atoms with E-state index >= 15 is 0 Å². The van der Waals surface area contributed by atoms with Gasteiger partial charge in [0.05, 0.1) is 6.04 Å². The second-order valence-electron chi connectivity index (χ2n) is 7.16. The molecule has 3 nitrogen and oxygen atoms in total. The lowest BCUT2D eigenvalue weighted by Crippen LogP contribution is -2.49. The molecule has 3 heteroatoms. The van der Waals surface area contributed by atoms with Gasteiger partial charge in [0.1, 0.15) is 0 Å². The molecule has 1 saturated heterocycles. The highest BCUT2D eigenvalue weighted by molar-refractivity contribution is 5.83. The fourth-order valence-corrected chi connectivity index (χ4v) is 4.84. The second kappa shape index (κ2) is 6.46. The van der Waals surface area contributed by atoms with E-state index in [1.807, 2.05) is 0 Å². The first kappa shape index (κ1) is 14.4. The molecular weight excluding hydrogens is 248 g/mol. The van der Waals surface area contributed by atoms with Gasteiger partial charge in [-0.2, -0.15) is 0 Å². The summed E-state index contributed by atoms with van der Waals surface area (Å²) in [4.78, 5) is 12.6. The summed E-state index contributed by atoms with van der Waals surface area (Å²) in [6.07, 6.45) is 11.7. The molecule has 0 aromatic rings. The maximum absolute atomic E-state index is 12.6. The Labute approximate surface area is 123 Å². The zero-order valence-corrected chi connectivity index (χ0v) is 12.9.